The van der Waals surface area contributed by atoms with Crippen molar-refractivity contribution in [2.75, 3.05) is 38.5 Å². The number of anilines is 1. The third kappa shape index (κ3) is 5.99. The van der Waals surface area contributed by atoms with E-state index in [-0.39, 0.29) is 57.1 Å². The van der Waals surface area contributed by atoms with E-state index in [9.17, 15) is 23.1 Å². The smallest absolute Gasteiger partial charge is 0.356 e. The molecule has 1 aliphatic rings. The fraction of sp³-hybridized carbons (Fsp3) is 0.370. The number of rotatable bonds is 7. The molecule has 3 aromatic rings. The summed E-state index contributed by atoms with van der Waals surface area (Å²) in [5.74, 6) is -1.66. The first kappa shape index (κ1) is 29.5. The van der Waals surface area contributed by atoms with Crippen LogP contribution in [0.25, 0.3) is 0 Å². The fourth-order valence-corrected chi connectivity index (χ4v) is 6.03. The van der Waals surface area contributed by atoms with E-state index in [1.165, 1.54) is 27.2 Å². The van der Waals surface area contributed by atoms with Crippen molar-refractivity contribution in [3.05, 3.63) is 64.3 Å². The summed E-state index contributed by atoms with van der Waals surface area (Å²) in [5, 5.41) is 16.8. The highest BCUT2D eigenvalue weighted by Gasteiger charge is 2.33. The number of carboxylic acids is 1. The van der Waals surface area contributed by atoms with Gasteiger partial charge >= 0.3 is 5.97 Å². The molecule has 2 aromatic carbocycles. The van der Waals surface area contributed by atoms with Crippen molar-refractivity contribution in [1.29, 1.82) is 0 Å². The summed E-state index contributed by atoms with van der Waals surface area (Å²) in [6, 6.07) is 10.8. The predicted molar refractivity (Wildman–Crippen MR) is 151 cm³/mol. The van der Waals surface area contributed by atoms with E-state index in [0.717, 1.165) is 0 Å². The Morgan fingerprint density at radius 1 is 1.07 bits per heavy atom. The average molecular weight is 590 g/mol. The van der Waals surface area contributed by atoms with Crippen molar-refractivity contribution in [2.45, 2.75) is 38.1 Å². The maximum atomic E-state index is 13.9. The molecular formula is C27H32ClN5O6S. The van der Waals surface area contributed by atoms with Gasteiger partial charge in [-0.3, -0.25) is 4.79 Å². The molecule has 40 heavy (non-hydrogen) atoms. The number of hydrogen-bond donors (Lipinski definition) is 2. The topological polar surface area (TPSA) is 134 Å². The highest BCUT2D eigenvalue weighted by Crippen LogP contribution is 2.37. The van der Waals surface area contributed by atoms with Crippen LogP contribution in [-0.2, 0) is 15.6 Å². The molecular weight excluding hydrogens is 558 g/mol. The standard InChI is InChI=1S/C27H32ClN5O6S/c1-17-23(26(35)36)30-33(27(2,3)4)25(17)39-21-11-10-18(29-24(34)19-8-6-7-9-20(19)28)16-22(21)40(37,38)32-14-12-31(5)13-15-32/h6-11,16H,12-15H2,1-5H3,(H,29,34)(H,35,36). The minimum atomic E-state index is -4.08. The van der Waals surface area contributed by atoms with Gasteiger partial charge in [0.1, 0.15) is 10.6 Å². The van der Waals surface area contributed by atoms with Gasteiger partial charge in [0.15, 0.2) is 5.69 Å². The van der Waals surface area contributed by atoms with Crippen LogP contribution in [0.4, 0.5) is 5.69 Å². The van der Waals surface area contributed by atoms with Crippen LogP contribution in [0.2, 0.25) is 5.02 Å². The number of amides is 1. The number of piperazine rings is 1. The summed E-state index contributed by atoms with van der Waals surface area (Å²) < 4.78 is 36.8. The van der Waals surface area contributed by atoms with E-state index in [2.05, 4.69) is 10.4 Å². The Bertz CT molecular complexity index is 1560. The highest BCUT2D eigenvalue weighted by molar-refractivity contribution is 7.89. The van der Waals surface area contributed by atoms with E-state index in [0.29, 0.717) is 13.1 Å². The van der Waals surface area contributed by atoms with Crippen LogP contribution < -0.4 is 10.1 Å². The maximum Gasteiger partial charge on any atom is 0.356 e. The third-order valence-electron chi connectivity index (χ3n) is 6.51. The Labute approximate surface area is 238 Å². The molecule has 1 saturated heterocycles. The van der Waals surface area contributed by atoms with Crippen LogP contribution >= 0.6 is 11.6 Å². The highest BCUT2D eigenvalue weighted by atomic mass is 35.5. The zero-order chi connectivity index (χ0) is 29.4. The first-order chi connectivity index (χ1) is 18.7. The molecule has 0 bridgehead atoms. The SMILES string of the molecule is Cc1c(C(=O)O)nn(C(C)(C)C)c1Oc1ccc(NC(=O)c2ccccc2Cl)cc1S(=O)(=O)N1CCN(C)CC1. The number of carbonyl (C=O) groups is 2. The van der Waals surface area contributed by atoms with Crippen LogP contribution in [-0.4, -0.2) is 77.6 Å². The van der Waals surface area contributed by atoms with E-state index in [1.807, 2.05) is 32.7 Å². The van der Waals surface area contributed by atoms with Crippen molar-refractivity contribution in [2.24, 2.45) is 0 Å². The van der Waals surface area contributed by atoms with E-state index < -0.39 is 27.4 Å². The summed E-state index contributed by atoms with van der Waals surface area (Å²) in [6.07, 6.45) is 0. The zero-order valence-electron chi connectivity index (χ0n) is 22.9. The molecule has 1 fully saturated rings. The number of halogens is 1. The van der Waals surface area contributed by atoms with Gasteiger partial charge in [0.25, 0.3) is 5.91 Å². The maximum absolute atomic E-state index is 13.9. The number of nitrogens with zero attached hydrogens (tertiary/aromatic N) is 4. The Kier molecular flexibility index (Phi) is 8.27. The van der Waals surface area contributed by atoms with Gasteiger partial charge < -0.3 is 20.1 Å². The molecule has 1 aliphatic heterocycles. The predicted octanol–water partition coefficient (Wildman–Crippen LogP) is 4.28. The van der Waals surface area contributed by atoms with Gasteiger partial charge in [-0.2, -0.15) is 9.40 Å². The lowest BCUT2D eigenvalue weighted by Crippen LogP contribution is -2.47. The second-order valence-electron chi connectivity index (χ2n) is 10.6. The Balaban J connectivity index is 1.81. The Morgan fingerprint density at radius 2 is 1.73 bits per heavy atom. The van der Waals surface area contributed by atoms with Gasteiger partial charge in [-0.25, -0.2) is 17.9 Å². The summed E-state index contributed by atoms with van der Waals surface area (Å²) in [4.78, 5) is 26.6. The second kappa shape index (κ2) is 11.2. The molecule has 214 valence electrons. The van der Waals surface area contributed by atoms with E-state index >= 15 is 0 Å². The molecule has 13 heteroatoms. The summed E-state index contributed by atoms with van der Waals surface area (Å²) in [7, 11) is -2.16. The van der Waals surface area contributed by atoms with Crippen LogP contribution in [0, 0.1) is 6.92 Å². The molecule has 0 radical (unpaired) electrons. The largest absolute Gasteiger partial charge is 0.476 e. The van der Waals surface area contributed by atoms with Crippen molar-refractivity contribution in [3.8, 4) is 11.6 Å². The first-order valence-corrected chi connectivity index (χ1v) is 14.4. The quantitative estimate of drug-likeness (QED) is 0.417. The van der Waals surface area contributed by atoms with Gasteiger partial charge in [-0.05, 0) is 65.1 Å². The Morgan fingerprint density at radius 3 is 2.33 bits per heavy atom. The molecule has 1 amide bonds. The minimum absolute atomic E-state index is 0.0277. The summed E-state index contributed by atoms with van der Waals surface area (Å²) in [5.41, 5.74) is -0.165. The zero-order valence-corrected chi connectivity index (χ0v) is 24.5. The molecule has 0 spiro atoms. The van der Waals surface area contributed by atoms with Gasteiger partial charge in [0.05, 0.1) is 16.1 Å². The van der Waals surface area contributed by atoms with Crippen molar-refractivity contribution >= 4 is 39.2 Å². The first-order valence-electron chi connectivity index (χ1n) is 12.6. The van der Waals surface area contributed by atoms with Crippen LogP contribution in [0.15, 0.2) is 47.4 Å². The van der Waals surface area contributed by atoms with Crippen LogP contribution in [0.5, 0.6) is 11.6 Å². The lowest BCUT2D eigenvalue weighted by Gasteiger charge is -2.32. The molecule has 0 saturated carbocycles. The second-order valence-corrected chi connectivity index (χ2v) is 12.9. The molecule has 11 nitrogen and oxygen atoms in total. The number of nitrogens with one attached hydrogen (secondary N) is 1. The van der Waals surface area contributed by atoms with Gasteiger partial charge in [0.2, 0.25) is 15.9 Å². The minimum Gasteiger partial charge on any atom is -0.476 e. The number of carboxylic acid groups (broad SMARTS) is 1. The lowest BCUT2D eigenvalue weighted by atomic mass is 10.1. The van der Waals surface area contributed by atoms with E-state index in [1.54, 1.807) is 31.2 Å². The normalized spacial score (nSPS) is 15.2. The number of aromatic carboxylic acids is 1. The lowest BCUT2D eigenvalue weighted by molar-refractivity contribution is 0.0687. The summed E-state index contributed by atoms with van der Waals surface area (Å²) in [6.45, 7) is 8.69. The molecule has 1 aromatic heterocycles. The number of carbonyl (C=O) groups excluding carboxylic acids is 1. The van der Waals surface area contributed by atoms with Crippen molar-refractivity contribution in [3.63, 3.8) is 0 Å². The molecule has 4 rings (SSSR count). The number of aromatic nitrogens is 2. The fourth-order valence-electron chi connectivity index (χ4n) is 4.25. The van der Waals surface area contributed by atoms with Crippen LogP contribution in [0.3, 0.4) is 0 Å². The number of benzene rings is 2. The summed E-state index contributed by atoms with van der Waals surface area (Å²) >= 11 is 6.17. The average Bonchev–Trinajstić information content (AvgIpc) is 3.22. The third-order valence-corrected chi connectivity index (χ3v) is 8.76. The molecule has 0 atom stereocenters. The molecule has 2 heterocycles. The molecule has 0 unspecified atom stereocenters. The van der Waals surface area contributed by atoms with E-state index in [4.69, 9.17) is 16.3 Å². The number of ether oxygens (including phenoxy) is 1. The van der Waals surface area contributed by atoms with Gasteiger partial charge in [-0.1, -0.05) is 23.7 Å². The monoisotopic (exact) mass is 589 g/mol. The van der Waals surface area contributed by atoms with Gasteiger partial charge in [-0.15, -0.1) is 0 Å². The number of likely N-dealkylation sites (N-methyl/N-ethyl adjacent to an activating group) is 1. The van der Waals surface area contributed by atoms with Crippen LogP contribution in [0.1, 0.15) is 47.2 Å². The van der Waals surface area contributed by atoms with Crippen molar-refractivity contribution in [1.82, 2.24) is 19.0 Å². The van der Waals surface area contributed by atoms with Gasteiger partial charge in [0, 0.05) is 37.4 Å². The van der Waals surface area contributed by atoms with Crippen molar-refractivity contribution < 1.29 is 27.9 Å². The number of sulfonamides is 1. The molecule has 0 aliphatic carbocycles. The molecule has 2 N–H and O–H groups in total. The Hall–Kier alpha value is -3.45. The number of hydrogen-bond acceptors (Lipinski definition) is 7.